The highest BCUT2D eigenvalue weighted by Gasteiger charge is 2.57. The Hall–Kier alpha value is -2.47. The zero-order chi connectivity index (χ0) is 24.8. The number of methoxy groups -OCH3 is 1. The fraction of sp³-hybridized carbons (Fsp3) is 0.500. The fourth-order valence-corrected chi connectivity index (χ4v) is 6.08. The summed E-state index contributed by atoms with van der Waals surface area (Å²) in [4.78, 5) is 15.6. The molecule has 1 saturated heterocycles. The molecule has 5 nitrogen and oxygen atoms in total. The van der Waals surface area contributed by atoms with E-state index in [-0.39, 0.29) is 17.9 Å². The molecule has 2 aromatic carbocycles. The Labute approximate surface area is 209 Å². The summed E-state index contributed by atoms with van der Waals surface area (Å²) in [5.41, 5.74) is 3.14. The Balaban J connectivity index is 1.73. The molecule has 1 N–H and O–H groups in total. The van der Waals surface area contributed by atoms with Crippen LogP contribution in [-0.4, -0.2) is 61.0 Å². The fourth-order valence-electron chi connectivity index (χ4n) is 6.08. The predicted molar refractivity (Wildman–Crippen MR) is 140 cm³/mol. The first-order chi connectivity index (χ1) is 17.0. The van der Waals surface area contributed by atoms with Crippen LogP contribution in [0.15, 0.2) is 60.7 Å². The van der Waals surface area contributed by atoms with E-state index < -0.39 is 11.6 Å². The summed E-state index contributed by atoms with van der Waals surface area (Å²) < 4.78 is 11.7. The topological polar surface area (TPSA) is 59.0 Å². The largest absolute Gasteiger partial charge is 0.479 e. The minimum atomic E-state index is -1.34. The summed E-state index contributed by atoms with van der Waals surface area (Å²) in [5.74, 6) is -1.37. The molecule has 1 heterocycles. The third kappa shape index (κ3) is 5.23. The molecule has 2 fully saturated rings. The standard InChI is InChI=1S/C30H39NO4/c1-4-5-7-26(25-16-14-24(15-17-25)23-12-10-22(2)11-13-23)30(34-3,29(32)33)27-8-6-9-28(27)31-18-20-35-21-19-31/h5,7,10-17,26-28H,4,6,8-9,18-21H2,1-3H3,(H,32,33). The Bertz CT molecular complexity index is 994. The van der Waals surface area contributed by atoms with Crippen molar-refractivity contribution in [3.05, 3.63) is 71.8 Å². The smallest absolute Gasteiger partial charge is 0.337 e. The lowest BCUT2D eigenvalue weighted by Gasteiger charge is -2.45. The van der Waals surface area contributed by atoms with Crippen molar-refractivity contribution < 1.29 is 19.4 Å². The van der Waals surface area contributed by atoms with E-state index in [1.54, 1.807) is 7.11 Å². The Morgan fingerprint density at radius 2 is 1.74 bits per heavy atom. The van der Waals surface area contributed by atoms with Gasteiger partial charge in [-0.2, -0.15) is 0 Å². The molecule has 5 heteroatoms. The van der Waals surface area contributed by atoms with E-state index in [4.69, 9.17) is 9.47 Å². The number of hydrogen-bond acceptors (Lipinski definition) is 4. The molecule has 0 spiro atoms. The van der Waals surface area contributed by atoms with Crippen LogP contribution in [-0.2, 0) is 14.3 Å². The van der Waals surface area contributed by atoms with Crippen molar-refractivity contribution in [2.24, 2.45) is 5.92 Å². The maximum Gasteiger partial charge on any atom is 0.337 e. The molecule has 1 aliphatic heterocycles. The van der Waals surface area contributed by atoms with Crippen LogP contribution >= 0.6 is 0 Å². The summed E-state index contributed by atoms with van der Waals surface area (Å²) in [7, 11) is 1.58. The van der Waals surface area contributed by atoms with Gasteiger partial charge in [0.15, 0.2) is 5.60 Å². The molecule has 1 aliphatic carbocycles. The van der Waals surface area contributed by atoms with Gasteiger partial charge in [-0.15, -0.1) is 0 Å². The Morgan fingerprint density at radius 3 is 2.31 bits per heavy atom. The second-order valence-electron chi connectivity index (χ2n) is 9.86. The monoisotopic (exact) mass is 477 g/mol. The van der Waals surface area contributed by atoms with E-state index in [2.05, 4.69) is 79.4 Å². The van der Waals surface area contributed by atoms with Gasteiger partial charge in [0.05, 0.1) is 13.2 Å². The van der Waals surface area contributed by atoms with Crippen molar-refractivity contribution in [2.45, 2.75) is 57.1 Å². The number of morpholine rings is 1. The summed E-state index contributed by atoms with van der Waals surface area (Å²) in [6, 6.07) is 17.0. The minimum absolute atomic E-state index is 0.105. The number of hydrogen-bond donors (Lipinski definition) is 1. The maximum absolute atomic E-state index is 13.2. The van der Waals surface area contributed by atoms with E-state index >= 15 is 0 Å². The Kier molecular flexibility index (Phi) is 8.42. The van der Waals surface area contributed by atoms with Gasteiger partial charge in [-0.25, -0.2) is 4.79 Å². The molecule has 0 radical (unpaired) electrons. The zero-order valence-corrected chi connectivity index (χ0v) is 21.3. The number of ether oxygens (including phenoxy) is 2. The third-order valence-corrected chi connectivity index (χ3v) is 7.90. The summed E-state index contributed by atoms with van der Waals surface area (Å²) >= 11 is 0. The SMILES string of the molecule is CCC=CC(c1ccc(-c2ccc(C)cc2)cc1)C(OC)(C(=O)O)C1CCCC1N1CCOCC1. The highest BCUT2D eigenvalue weighted by molar-refractivity contribution is 5.81. The number of allylic oxidation sites excluding steroid dienone is 1. The molecular formula is C30H39NO4. The summed E-state index contributed by atoms with van der Waals surface area (Å²) in [5, 5.41) is 10.8. The van der Waals surface area contributed by atoms with Crippen LogP contribution in [0.2, 0.25) is 0 Å². The van der Waals surface area contributed by atoms with Gasteiger partial charge in [0.1, 0.15) is 0 Å². The first kappa shape index (κ1) is 25.6. The van der Waals surface area contributed by atoms with E-state index in [0.717, 1.165) is 55.5 Å². The molecule has 2 aromatic rings. The highest BCUT2D eigenvalue weighted by Crippen LogP contribution is 2.47. The van der Waals surface area contributed by atoms with Crippen LogP contribution in [0.25, 0.3) is 11.1 Å². The average Bonchev–Trinajstić information content (AvgIpc) is 3.38. The Morgan fingerprint density at radius 1 is 1.11 bits per heavy atom. The molecule has 0 bridgehead atoms. The van der Waals surface area contributed by atoms with Crippen LogP contribution in [0.3, 0.4) is 0 Å². The molecule has 35 heavy (non-hydrogen) atoms. The number of carbonyl (C=O) groups is 1. The molecule has 1 saturated carbocycles. The summed E-state index contributed by atoms with van der Waals surface area (Å²) in [6.07, 6.45) is 7.84. The van der Waals surface area contributed by atoms with E-state index in [1.807, 2.05) is 0 Å². The van der Waals surface area contributed by atoms with Crippen LogP contribution in [0.5, 0.6) is 0 Å². The van der Waals surface area contributed by atoms with E-state index in [1.165, 1.54) is 5.56 Å². The number of aliphatic carboxylic acids is 1. The maximum atomic E-state index is 13.2. The normalized spacial score (nSPS) is 23.9. The first-order valence-corrected chi connectivity index (χ1v) is 12.9. The number of nitrogens with zero attached hydrogens (tertiary/aromatic N) is 1. The van der Waals surface area contributed by atoms with Crippen LogP contribution in [0.4, 0.5) is 0 Å². The van der Waals surface area contributed by atoms with E-state index in [9.17, 15) is 9.90 Å². The number of rotatable bonds is 9. The van der Waals surface area contributed by atoms with Gasteiger partial charge in [-0.05, 0) is 42.9 Å². The average molecular weight is 478 g/mol. The molecule has 4 unspecified atom stereocenters. The van der Waals surface area contributed by atoms with Crippen LogP contribution < -0.4 is 0 Å². The molecule has 188 valence electrons. The number of aryl methyl sites for hydroxylation is 1. The van der Waals surface area contributed by atoms with Gasteiger partial charge in [-0.3, -0.25) is 4.90 Å². The molecule has 4 atom stereocenters. The lowest BCUT2D eigenvalue weighted by Crippen LogP contribution is -2.58. The number of benzene rings is 2. The van der Waals surface area contributed by atoms with Gasteiger partial charge in [-0.1, -0.05) is 79.6 Å². The van der Waals surface area contributed by atoms with Crippen molar-refractivity contribution in [1.29, 1.82) is 0 Å². The highest BCUT2D eigenvalue weighted by atomic mass is 16.5. The second-order valence-corrected chi connectivity index (χ2v) is 9.86. The van der Waals surface area contributed by atoms with Crippen LogP contribution in [0, 0.1) is 12.8 Å². The minimum Gasteiger partial charge on any atom is -0.479 e. The van der Waals surface area contributed by atoms with Crippen molar-refractivity contribution in [3.63, 3.8) is 0 Å². The second kappa shape index (κ2) is 11.5. The molecular weight excluding hydrogens is 438 g/mol. The molecule has 2 aliphatic rings. The molecule has 0 amide bonds. The number of carboxylic acid groups (broad SMARTS) is 1. The van der Waals surface area contributed by atoms with Crippen molar-refractivity contribution in [2.75, 3.05) is 33.4 Å². The molecule has 0 aromatic heterocycles. The summed E-state index contributed by atoms with van der Waals surface area (Å²) in [6.45, 7) is 7.27. The van der Waals surface area contributed by atoms with Crippen molar-refractivity contribution >= 4 is 5.97 Å². The van der Waals surface area contributed by atoms with Crippen molar-refractivity contribution in [1.82, 2.24) is 4.90 Å². The van der Waals surface area contributed by atoms with Gasteiger partial charge < -0.3 is 14.6 Å². The quantitative estimate of drug-likeness (QED) is 0.471. The lowest BCUT2D eigenvalue weighted by molar-refractivity contribution is -0.176. The molecule has 4 rings (SSSR count). The third-order valence-electron chi connectivity index (χ3n) is 7.90. The number of carboxylic acids is 1. The van der Waals surface area contributed by atoms with Gasteiger partial charge in [0.25, 0.3) is 0 Å². The van der Waals surface area contributed by atoms with Crippen molar-refractivity contribution in [3.8, 4) is 11.1 Å². The predicted octanol–water partition coefficient (Wildman–Crippen LogP) is 5.68. The zero-order valence-electron chi connectivity index (χ0n) is 21.3. The van der Waals surface area contributed by atoms with E-state index in [0.29, 0.717) is 13.2 Å². The van der Waals surface area contributed by atoms with Crippen LogP contribution in [0.1, 0.15) is 49.7 Å². The van der Waals surface area contributed by atoms with Gasteiger partial charge >= 0.3 is 5.97 Å². The van der Waals surface area contributed by atoms with Gasteiger partial charge in [0, 0.05) is 38.1 Å². The van der Waals surface area contributed by atoms with Gasteiger partial charge in [0.2, 0.25) is 0 Å². The lowest BCUT2D eigenvalue weighted by atomic mass is 9.70. The first-order valence-electron chi connectivity index (χ1n) is 12.9.